The molecule has 4 rings (SSSR count). The van der Waals surface area contributed by atoms with Crippen LogP contribution in [0.15, 0.2) is 88.3 Å². The van der Waals surface area contributed by atoms with Crippen LogP contribution in [0.3, 0.4) is 0 Å². The molecular formula is C31H30F2N2O4. The third kappa shape index (κ3) is 7.16. The van der Waals surface area contributed by atoms with Crippen LogP contribution in [0.25, 0.3) is 11.0 Å². The molecule has 0 radical (unpaired) electrons. The van der Waals surface area contributed by atoms with Gasteiger partial charge in [-0.25, -0.2) is 8.78 Å². The van der Waals surface area contributed by atoms with Gasteiger partial charge in [-0.15, -0.1) is 0 Å². The molecule has 6 nitrogen and oxygen atoms in total. The molecule has 0 bridgehead atoms. The van der Waals surface area contributed by atoms with E-state index in [2.05, 4.69) is 0 Å². The van der Waals surface area contributed by atoms with Crippen molar-refractivity contribution in [2.24, 2.45) is 5.92 Å². The Hall–Kier alpha value is -4.33. The molecule has 0 saturated heterocycles. The van der Waals surface area contributed by atoms with Crippen LogP contribution in [-0.4, -0.2) is 34.7 Å². The highest BCUT2D eigenvalue weighted by molar-refractivity contribution is 5.96. The van der Waals surface area contributed by atoms with Crippen molar-refractivity contribution in [1.29, 1.82) is 0 Å². The molecule has 0 unspecified atom stereocenters. The van der Waals surface area contributed by atoms with Gasteiger partial charge < -0.3 is 14.2 Å². The molecule has 8 heteroatoms. The van der Waals surface area contributed by atoms with Gasteiger partial charge in [-0.3, -0.25) is 14.4 Å². The second kappa shape index (κ2) is 12.5. The predicted octanol–water partition coefficient (Wildman–Crippen LogP) is 5.79. The van der Waals surface area contributed by atoms with Crippen LogP contribution < -0.4 is 5.43 Å². The number of amides is 2. The number of hydrogen-bond donors (Lipinski definition) is 0. The summed E-state index contributed by atoms with van der Waals surface area (Å²) in [7, 11) is 0. The summed E-state index contributed by atoms with van der Waals surface area (Å²) in [6, 6.07) is 17.8. The molecule has 0 aliphatic carbocycles. The fraction of sp³-hybridized carbons (Fsp3) is 0.258. The van der Waals surface area contributed by atoms with E-state index in [4.69, 9.17) is 4.42 Å². The molecule has 0 aliphatic rings. The number of carbonyl (C=O) groups is 2. The molecular weight excluding hydrogens is 502 g/mol. The van der Waals surface area contributed by atoms with Crippen LogP contribution in [0.2, 0.25) is 0 Å². The van der Waals surface area contributed by atoms with Crippen LogP contribution in [-0.2, 0) is 17.9 Å². The number of nitrogens with zero attached hydrogens (tertiary/aromatic N) is 2. The van der Waals surface area contributed by atoms with E-state index in [1.54, 1.807) is 36.4 Å². The summed E-state index contributed by atoms with van der Waals surface area (Å²) in [6.07, 6.45) is 2.00. The van der Waals surface area contributed by atoms with Crippen molar-refractivity contribution in [2.75, 3.05) is 13.1 Å². The van der Waals surface area contributed by atoms with Crippen molar-refractivity contribution in [1.82, 2.24) is 9.80 Å². The van der Waals surface area contributed by atoms with E-state index in [-0.39, 0.29) is 42.1 Å². The first kappa shape index (κ1) is 27.7. The molecule has 3 aromatic carbocycles. The number of fused-ring (bicyclic) bond motifs is 1. The lowest BCUT2D eigenvalue weighted by atomic mass is 10.1. The standard InChI is InChI=1S/C31H30F2N2O4/c1-21(2)15-16-34(31(38)23-9-13-26(33)14-10-23)19-29(36)35(17-22-7-11-25(32)12-8-22)18-24-20-39-28-6-4-3-5-27(28)30(24)37/h3-14,20-21H,15-19H2,1-2H3. The van der Waals surface area contributed by atoms with Crippen LogP contribution in [0.1, 0.15) is 41.8 Å². The molecule has 0 saturated carbocycles. The number of rotatable bonds is 10. The summed E-state index contributed by atoms with van der Waals surface area (Å²) in [4.78, 5) is 43.1. The monoisotopic (exact) mass is 532 g/mol. The molecule has 1 aromatic heterocycles. The summed E-state index contributed by atoms with van der Waals surface area (Å²) in [5.41, 5.74) is 1.39. The summed E-state index contributed by atoms with van der Waals surface area (Å²) in [5, 5.41) is 0.397. The van der Waals surface area contributed by atoms with Gasteiger partial charge in [0.15, 0.2) is 5.43 Å². The van der Waals surface area contributed by atoms with Crippen molar-refractivity contribution in [3.63, 3.8) is 0 Å². The molecule has 4 aromatic rings. The maximum atomic E-state index is 13.7. The zero-order valence-corrected chi connectivity index (χ0v) is 21.9. The Bertz CT molecular complexity index is 1500. The van der Waals surface area contributed by atoms with Gasteiger partial charge in [0.25, 0.3) is 5.91 Å². The number of halogens is 2. The quantitative estimate of drug-likeness (QED) is 0.259. The molecule has 0 aliphatic heterocycles. The Morgan fingerprint density at radius 1 is 0.846 bits per heavy atom. The summed E-state index contributed by atoms with van der Waals surface area (Å²) in [5.74, 6) is -1.38. The van der Waals surface area contributed by atoms with E-state index in [9.17, 15) is 23.2 Å². The first-order valence-corrected chi connectivity index (χ1v) is 12.8. The lowest BCUT2D eigenvalue weighted by molar-refractivity contribution is -0.133. The van der Waals surface area contributed by atoms with Gasteiger partial charge >= 0.3 is 0 Å². The van der Waals surface area contributed by atoms with Crippen molar-refractivity contribution in [2.45, 2.75) is 33.4 Å². The Morgan fingerprint density at radius 2 is 1.49 bits per heavy atom. The molecule has 39 heavy (non-hydrogen) atoms. The van der Waals surface area contributed by atoms with Crippen molar-refractivity contribution >= 4 is 22.8 Å². The maximum Gasteiger partial charge on any atom is 0.254 e. The van der Waals surface area contributed by atoms with Crippen molar-refractivity contribution in [3.05, 3.63) is 118 Å². The zero-order valence-electron chi connectivity index (χ0n) is 21.9. The average Bonchev–Trinajstić information content (AvgIpc) is 2.93. The molecule has 0 spiro atoms. The second-order valence-corrected chi connectivity index (χ2v) is 9.88. The van der Waals surface area contributed by atoms with Crippen LogP contribution in [0, 0.1) is 17.6 Å². The minimum absolute atomic E-state index is 0.0634. The van der Waals surface area contributed by atoms with Crippen molar-refractivity contribution < 1.29 is 22.8 Å². The number of benzene rings is 3. The summed E-state index contributed by atoms with van der Waals surface area (Å²) in [6.45, 7) is 4.13. The largest absolute Gasteiger partial charge is 0.464 e. The second-order valence-electron chi connectivity index (χ2n) is 9.88. The smallest absolute Gasteiger partial charge is 0.254 e. The normalized spacial score (nSPS) is 11.1. The molecule has 2 amide bonds. The SMILES string of the molecule is CC(C)CCN(CC(=O)N(Cc1ccc(F)cc1)Cc1coc2ccccc2c1=O)C(=O)c1ccc(F)cc1. The number of para-hydroxylation sites is 1. The molecule has 0 atom stereocenters. The van der Waals surface area contributed by atoms with E-state index < -0.39 is 23.4 Å². The minimum atomic E-state index is -0.462. The van der Waals surface area contributed by atoms with E-state index in [1.807, 2.05) is 13.8 Å². The lowest BCUT2D eigenvalue weighted by Gasteiger charge is -2.28. The zero-order chi connectivity index (χ0) is 27.9. The summed E-state index contributed by atoms with van der Waals surface area (Å²) < 4.78 is 32.6. The Kier molecular flexibility index (Phi) is 8.86. The van der Waals surface area contributed by atoms with Crippen molar-refractivity contribution in [3.8, 4) is 0 Å². The Morgan fingerprint density at radius 3 is 2.15 bits per heavy atom. The minimum Gasteiger partial charge on any atom is -0.464 e. The first-order valence-electron chi connectivity index (χ1n) is 12.8. The van der Waals surface area contributed by atoms with Crippen LogP contribution >= 0.6 is 0 Å². The maximum absolute atomic E-state index is 13.7. The van der Waals surface area contributed by atoms with Crippen LogP contribution in [0.4, 0.5) is 8.78 Å². The fourth-order valence-electron chi connectivity index (χ4n) is 4.18. The third-order valence-corrected chi connectivity index (χ3v) is 6.43. The van der Waals surface area contributed by atoms with Gasteiger partial charge in [-0.2, -0.15) is 0 Å². The highest BCUT2D eigenvalue weighted by Crippen LogP contribution is 2.16. The van der Waals surface area contributed by atoms with Gasteiger partial charge in [0, 0.05) is 18.7 Å². The molecule has 1 heterocycles. The fourth-order valence-corrected chi connectivity index (χ4v) is 4.18. The molecule has 202 valence electrons. The lowest BCUT2D eigenvalue weighted by Crippen LogP contribution is -2.43. The van der Waals surface area contributed by atoms with Gasteiger partial charge in [0.1, 0.15) is 23.8 Å². The Labute approximate surface area is 225 Å². The highest BCUT2D eigenvalue weighted by Gasteiger charge is 2.24. The van der Waals surface area contributed by atoms with E-state index >= 15 is 0 Å². The van der Waals surface area contributed by atoms with Crippen LogP contribution in [0.5, 0.6) is 0 Å². The first-order chi connectivity index (χ1) is 18.7. The molecule has 0 N–H and O–H groups in total. The number of carbonyl (C=O) groups excluding carboxylic acids is 2. The average molecular weight is 533 g/mol. The van der Waals surface area contributed by atoms with Gasteiger partial charge in [-0.1, -0.05) is 38.1 Å². The van der Waals surface area contributed by atoms with Gasteiger partial charge in [0.2, 0.25) is 5.91 Å². The van der Waals surface area contributed by atoms with E-state index in [1.165, 1.54) is 52.5 Å². The Balaban J connectivity index is 1.63. The van der Waals surface area contributed by atoms with E-state index in [0.29, 0.717) is 29.5 Å². The topological polar surface area (TPSA) is 70.8 Å². The predicted molar refractivity (Wildman–Crippen MR) is 145 cm³/mol. The van der Waals surface area contributed by atoms with E-state index in [0.717, 1.165) is 0 Å². The number of hydrogen-bond acceptors (Lipinski definition) is 4. The highest BCUT2D eigenvalue weighted by atomic mass is 19.1. The van der Waals surface area contributed by atoms with Gasteiger partial charge in [-0.05, 0) is 66.4 Å². The van der Waals surface area contributed by atoms with Gasteiger partial charge in [0.05, 0.1) is 23.8 Å². The third-order valence-electron chi connectivity index (χ3n) is 6.43. The summed E-state index contributed by atoms with van der Waals surface area (Å²) >= 11 is 0. The molecule has 0 fully saturated rings.